The Balaban J connectivity index is 2.34. The van der Waals surface area contributed by atoms with Gasteiger partial charge >= 0.3 is 0 Å². The molecule has 2 nitrogen and oxygen atoms in total. The Bertz CT molecular complexity index is 530. The topological polar surface area (TPSA) is 32.6 Å². The zero-order valence-electron chi connectivity index (χ0n) is 8.77. The van der Waals surface area contributed by atoms with Crippen molar-refractivity contribution >= 4 is 35.1 Å². The van der Waals surface area contributed by atoms with E-state index in [0.29, 0.717) is 15.6 Å². The number of rotatable bonds is 2. The van der Waals surface area contributed by atoms with Crippen molar-refractivity contribution in [3.63, 3.8) is 0 Å². The van der Waals surface area contributed by atoms with Gasteiger partial charge in [-0.1, -0.05) is 41.4 Å². The van der Waals surface area contributed by atoms with E-state index >= 15 is 0 Å². The first-order valence-electron chi connectivity index (χ1n) is 4.94. The quantitative estimate of drug-likeness (QED) is 0.800. The van der Waals surface area contributed by atoms with Gasteiger partial charge in [0.15, 0.2) is 0 Å². The molecule has 0 atom stereocenters. The lowest BCUT2D eigenvalue weighted by Crippen LogP contribution is -1.84. The van der Waals surface area contributed by atoms with Crippen molar-refractivity contribution < 1.29 is 5.11 Å². The predicted octanol–water partition coefficient (Wildman–Crippen LogP) is 4.45. The van der Waals surface area contributed by atoms with Gasteiger partial charge in [0, 0.05) is 11.2 Å². The second-order valence-corrected chi connectivity index (χ2v) is 4.26. The van der Waals surface area contributed by atoms with E-state index in [0.717, 1.165) is 5.69 Å². The molecular weight excluding hydrogens is 257 g/mol. The zero-order chi connectivity index (χ0) is 12.3. The molecule has 17 heavy (non-hydrogen) atoms. The van der Waals surface area contributed by atoms with E-state index in [-0.39, 0.29) is 5.75 Å². The van der Waals surface area contributed by atoms with Crippen LogP contribution in [0.1, 0.15) is 5.56 Å². The summed E-state index contributed by atoms with van der Waals surface area (Å²) in [7, 11) is 0. The summed E-state index contributed by atoms with van der Waals surface area (Å²) < 4.78 is 0. The molecule has 0 saturated carbocycles. The Hall–Kier alpha value is -1.51. The summed E-state index contributed by atoms with van der Waals surface area (Å²) in [6, 6.07) is 12.4. The maximum Gasteiger partial charge on any atom is 0.127 e. The third kappa shape index (κ3) is 2.99. The van der Waals surface area contributed by atoms with Crippen LogP contribution in [-0.2, 0) is 0 Å². The molecule has 0 amide bonds. The summed E-state index contributed by atoms with van der Waals surface area (Å²) in [6.45, 7) is 0. The summed E-state index contributed by atoms with van der Waals surface area (Å²) in [5, 5.41) is 10.5. The minimum absolute atomic E-state index is 0.0159. The first kappa shape index (κ1) is 12.0. The molecule has 2 rings (SSSR count). The van der Waals surface area contributed by atoms with E-state index < -0.39 is 0 Å². The van der Waals surface area contributed by atoms with Gasteiger partial charge in [-0.3, -0.25) is 4.99 Å². The van der Waals surface area contributed by atoms with Crippen molar-refractivity contribution in [1.82, 2.24) is 0 Å². The smallest absolute Gasteiger partial charge is 0.127 e. The monoisotopic (exact) mass is 265 g/mol. The van der Waals surface area contributed by atoms with Crippen LogP contribution in [0.3, 0.4) is 0 Å². The average Bonchev–Trinajstić information content (AvgIpc) is 2.29. The molecule has 0 aliphatic heterocycles. The molecule has 86 valence electrons. The number of aliphatic imine (C=N–C) groups is 1. The van der Waals surface area contributed by atoms with Crippen LogP contribution >= 0.6 is 23.2 Å². The van der Waals surface area contributed by atoms with Crippen LogP contribution < -0.4 is 0 Å². The lowest BCUT2D eigenvalue weighted by molar-refractivity contribution is 0.474. The van der Waals surface area contributed by atoms with Gasteiger partial charge in [-0.05, 0) is 24.3 Å². The summed E-state index contributed by atoms with van der Waals surface area (Å²) in [5.74, 6) is 0.0159. The highest BCUT2D eigenvalue weighted by Crippen LogP contribution is 2.29. The lowest BCUT2D eigenvalue weighted by atomic mass is 10.2. The minimum atomic E-state index is 0.0159. The van der Waals surface area contributed by atoms with Crippen molar-refractivity contribution in [3.05, 3.63) is 58.1 Å². The number of benzene rings is 2. The van der Waals surface area contributed by atoms with Gasteiger partial charge in [-0.15, -0.1) is 0 Å². The van der Waals surface area contributed by atoms with Gasteiger partial charge in [-0.2, -0.15) is 0 Å². The molecule has 0 unspecified atom stereocenters. The molecule has 0 aromatic heterocycles. The van der Waals surface area contributed by atoms with E-state index in [1.54, 1.807) is 6.07 Å². The van der Waals surface area contributed by atoms with Crippen molar-refractivity contribution in [2.75, 3.05) is 0 Å². The number of nitrogens with zero attached hydrogens (tertiary/aromatic N) is 1. The Morgan fingerprint density at radius 2 is 1.76 bits per heavy atom. The molecule has 1 N–H and O–H groups in total. The molecule has 2 aromatic rings. The highest BCUT2D eigenvalue weighted by molar-refractivity contribution is 6.36. The number of para-hydroxylation sites is 1. The Morgan fingerprint density at radius 3 is 2.41 bits per heavy atom. The SMILES string of the molecule is Oc1cc(Cl)cc(Cl)c1C=Nc1ccccc1. The number of hydrogen-bond acceptors (Lipinski definition) is 2. The fraction of sp³-hybridized carbons (Fsp3) is 0. The van der Waals surface area contributed by atoms with Gasteiger partial charge in [0.25, 0.3) is 0 Å². The summed E-state index contributed by atoms with van der Waals surface area (Å²) in [4.78, 5) is 4.22. The number of phenols is 1. The van der Waals surface area contributed by atoms with E-state index in [9.17, 15) is 5.11 Å². The normalized spacial score (nSPS) is 10.9. The number of halogens is 2. The van der Waals surface area contributed by atoms with Crippen LogP contribution in [0.25, 0.3) is 0 Å². The standard InChI is InChI=1S/C13H9Cl2NO/c14-9-6-12(15)11(13(17)7-9)8-16-10-4-2-1-3-5-10/h1-8,17H. The van der Waals surface area contributed by atoms with Crippen LogP contribution in [0.2, 0.25) is 10.0 Å². The third-order valence-corrected chi connectivity index (χ3v) is 2.70. The number of phenolic OH excluding ortho intramolecular Hbond substituents is 1. The van der Waals surface area contributed by atoms with Gasteiger partial charge < -0.3 is 5.11 Å². The van der Waals surface area contributed by atoms with Gasteiger partial charge in [0.2, 0.25) is 0 Å². The summed E-state index contributed by atoms with van der Waals surface area (Å²) >= 11 is 11.7. The van der Waals surface area contributed by atoms with Gasteiger partial charge in [0.05, 0.1) is 16.3 Å². The van der Waals surface area contributed by atoms with Crippen LogP contribution in [0, 0.1) is 0 Å². The second-order valence-electron chi connectivity index (χ2n) is 3.41. The molecule has 0 heterocycles. The highest BCUT2D eigenvalue weighted by atomic mass is 35.5. The molecule has 0 spiro atoms. The van der Waals surface area contributed by atoms with Crippen LogP contribution in [0.15, 0.2) is 47.5 Å². The van der Waals surface area contributed by atoms with Crippen LogP contribution in [0.4, 0.5) is 5.69 Å². The molecule has 2 aromatic carbocycles. The summed E-state index contributed by atoms with van der Waals surface area (Å²) in [5.41, 5.74) is 1.25. The van der Waals surface area contributed by atoms with Crippen molar-refractivity contribution in [1.29, 1.82) is 0 Å². The average molecular weight is 266 g/mol. The zero-order valence-corrected chi connectivity index (χ0v) is 10.3. The summed E-state index contributed by atoms with van der Waals surface area (Å²) in [6.07, 6.45) is 1.52. The van der Waals surface area contributed by atoms with E-state index in [1.807, 2.05) is 30.3 Å². The van der Waals surface area contributed by atoms with Crippen molar-refractivity contribution in [2.45, 2.75) is 0 Å². The van der Waals surface area contributed by atoms with Crippen molar-refractivity contribution in [2.24, 2.45) is 4.99 Å². The third-order valence-electron chi connectivity index (χ3n) is 2.17. The minimum Gasteiger partial charge on any atom is -0.507 e. The largest absolute Gasteiger partial charge is 0.507 e. The van der Waals surface area contributed by atoms with E-state index in [1.165, 1.54) is 12.3 Å². The fourth-order valence-corrected chi connectivity index (χ4v) is 1.88. The number of aromatic hydroxyl groups is 1. The molecule has 0 aliphatic carbocycles. The van der Waals surface area contributed by atoms with Crippen LogP contribution in [-0.4, -0.2) is 11.3 Å². The molecule has 0 radical (unpaired) electrons. The maximum absolute atomic E-state index is 9.69. The lowest BCUT2D eigenvalue weighted by Gasteiger charge is -2.02. The van der Waals surface area contributed by atoms with E-state index in [2.05, 4.69) is 4.99 Å². The van der Waals surface area contributed by atoms with Gasteiger partial charge in [0.1, 0.15) is 5.75 Å². The molecular formula is C13H9Cl2NO. The molecule has 0 fully saturated rings. The first-order valence-corrected chi connectivity index (χ1v) is 5.69. The maximum atomic E-state index is 9.69. The molecule has 0 aliphatic rings. The Labute approximate surface area is 109 Å². The molecule has 0 bridgehead atoms. The van der Waals surface area contributed by atoms with E-state index in [4.69, 9.17) is 23.2 Å². The Kier molecular flexibility index (Phi) is 3.67. The van der Waals surface area contributed by atoms with Crippen molar-refractivity contribution in [3.8, 4) is 5.75 Å². The fourth-order valence-electron chi connectivity index (χ4n) is 1.35. The Morgan fingerprint density at radius 1 is 1.06 bits per heavy atom. The number of hydrogen-bond donors (Lipinski definition) is 1. The van der Waals surface area contributed by atoms with Gasteiger partial charge in [-0.25, -0.2) is 0 Å². The molecule has 0 saturated heterocycles. The molecule has 4 heteroatoms. The van der Waals surface area contributed by atoms with Crippen LogP contribution in [0.5, 0.6) is 5.75 Å². The second kappa shape index (κ2) is 5.21. The predicted molar refractivity (Wildman–Crippen MR) is 71.8 cm³/mol. The highest BCUT2D eigenvalue weighted by Gasteiger charge is 2.05. The first-order chi connectivity index (χ1) is 8.16.